The third kappa shape index (κ3) is 1.48. The highest BCUT2D eigenvalue weighted by molar-refractivity contribution is 4.61. The zero-order valence-electron chi connectivity index (χ0n) is 4.69. The number of nitrogens with zero attached hydrogens (tertiary/aromatic N) is 1. The molecule has 1 nitrogen and oxygen atoms in total. The van der Waals surface area contributed by atoms with Gasteiger partial charge in [0.1, 0.15) is 0 Å². The van der Waals surface area contributed by atoms with Crippen molar-refractivity contribution in [2.45, 2.75) is 19.3 Å². The van der Waals surface area contributed by atoms with E-state index in [2.05, 4.69) is 11.9 Å². The van der Waals surface area contributed by atoms with Crippen LogP contribution in [0.2, 0.25) is 0 Å². The van der Waals surface area contributed by atoms with Crippen LogP contribution in [0.25, 0.3) is 0 Å². The standard InChI is InChI=1S/C6H12N/c1-7-5-3-2-4-6-7/h1-6H2/q-1. The minimum Gasteiger partial charge on any atom is -0.459 e. The second-order valence-corrected chi connectivity index (χ2v) is 2.18. The summed E-state index contributed by atoms with van der Waals surface area (Å²) in [7, 11) is 3.83. The van der Waals surface area contributed by atoms with E-state index in [1.54, 1.807) is 0 Å². The molecule has 0 N–H and O–H groups in total. The van der Waals surface area contributed by atoms with Crippen LogP contribution in [0, 0.1) is 7.05 Å². The van der Waals surface area contributed by atoms with Gasteiger partial charge in [0.25, 0.3) is 0 Å². The van der Waals surface area contributed by atoms with E-state index in [1.165, 1.54) is 32.4 Å². The molecule has 0 aromatic heterocycles. The minimum atomic E-state index is 1.21. The summed E-state index contributed by atoms with van der Waals surface area (Å²) in [5, 5.41) is 0. The van der Waals surface area contributed by atoms with Gasteiger partial charge >= 0.3 is 0 Å². The Labute approximate surface area is 45.3 Å². The molecule has 1 heteroatoms. The lowest BCUT2D eigenvalue weighted by Gasteiger charge is -2.28. The van der Waals surface area contributed by atoms with Gasteiger partial charge in [-0.25, -0.2) is 0 Å². The summed E-state index contributed by atoms with van der Waals surface area (Å²) >= 11 is 0. The number of piperidine rings is 1. The maximum absolute atomic E-state index is 3.83. The number of rotatable bonds is 0. The Kier molecular flexibility index (Phi) is 1.69. The molecule has 0 spiro atoms. The third-order valence-electron chi connectivity index (χ3n) is 1.45. The van der Waals surface area contributed by atoms with Crippen molar-refractivity contribution in [3.8, 4) is 0 Å². The molecule has 1 saturated heterocycles. The van der Waals surface area contributed by atoms with E-state index < -0.39 is 0 Å². The molecule has 0 aromatic rings. The van der Waals surface area contributed by atoms with Crippen LogP contribution in [0.15, 0.2) is 0 Å². The Morgan fingerprint density at radius 1 is 1.00 bits per heavy atom. The SMILES string of the molecule is [CH2-]N1CCCCC1. The van der Waals surface area contributed by atoms with Gasteiger partial charge in [0.15, 0.2) is 0 Å². The number of hydrogen-bond donors (Lipinski definition) is 0. The van der Waals surface area contributed by atoms with Gasteiger partial charge in [0.2, 0.25) is 0 Å². The monoisotopic (exact) mass is 98.1 g/mol. The van der Waals surface area contributed by atoms with Crippen LogP contribution in [-0.4, -0.2) is 18.0 Å². The van der Waals surface area contributed by atoms with Crippen molar-refractivity contribution in [3.63, 3.8) is 0 Å². The maximum atomic E-state index is 3.83. The van der Waals surface area contributed by atoms with Crippen molar-refractivity contribution in [1.82, 2.24) is 4.90 Å². The largest absolute Gasteiger partial charge is 0.459 e. The summed E-state index contributed by atoms with van der Waals surface area (Å²) < 4.78 is 0. The highest BCUT2D eigenvalue weighted by Gasteiger charge is 1.97. The fourth-order valence-corrected chi connectivity index (χ4v) is 0.959. The van der Waals surface area contributed by atoms with Gasteiger partial charge in [-0.15, -0.1) is 0 Å². The van der Waals surface area contributed by atoms with Crippen LogP contribution < -0.4 is 0 Å². The average molecular weight is 98.2 g/mol. The van der Waals surface area contributed by atoms with Crippen LogP contribution in [0.3, 0.4) is 0 Å². The van der Waals surface area contributed by atoms with Gasteiger partial charge in [0, 0.05) is 0 Å². The lowest BCUT2D eigenvalue weighted by atomic mass is 10.1. The Bertz CT molecular complexity index is 46.1. The first-order valence-electron chi connectivity index (χ1n) is 2.95. The molecule has 7 heavy (non-hydrogen) atoms. The molecule has 1 fully saturated rings. The Balaban J connectivity index is 2.12. The molecule has 0 aromatic carbocycles. The van der Waals surface area contributed by atoms with E-state index in [1.807, 2.05) is 0 Å². The van der Waals surface area contributed by atoms with Crippen molar-refractivity contribution < 1.29 is 0 Å². The lowest BCUT2D eigenvalue weighted by Crippen LogP contribution is -2.22. The first kappa shape index (κ1) is 5.10. The average Bonchev–Trinajstić information content (AvgIpc) is 1.69. The van der Waals surface area contributed by atoms with Crippen LogP contribution in [-0.2, 0) is 0 Å². The van der Waals surface area contributed by atoms with E-state index in [9.17, 15) is 0 Å². The fraction of sp³-hybridized carbons (Fsp3) is 0.833. The van der Waals surface area contributed by atoms with Crippen molar-refractivity contribution in [2.24, 2.45) is 0 Å². The van der Waals surface area contributed by atoms with Gasteiger partial charge in [-0.3, -0.25) is 7.05 Å². The topological polar surface area (TPSA) is 3.24 Å². The smallest absolute Gasteiger partial charge is 0.0304 e. The normalized spacial score (nSPS) is 25.3. The highest BCUT2D eigenvalue weighted by Crippen LogP contribution is 2.05. The second-order valence-electron chi connectivity index (χ2n) is 2.18. The van der Waals surface area contributed by atoms with Gasteiger partial charge in [-0.2, -0.15) is 0 Å². The molecular weight excluding hydrogens is 86.1 g/mol. The first-order valence-corrected chi connectivity index (χ1v) is 2.95. The van der Waals surface area contributed by atoms with E-state index in [0.717, 1.165) is 0 Å². The highest BCUT2D eigenvalue weighted by atomic mass is 15.1. The zero-order chi connectivity index (χ0) is 5.11. The quantitative estimate of drug-likeness (QED) is 0.412. The molecule has 1 aliphatic heterocycles. The van der Waals surface area contributed by atoms with Gasteiger partial charge < -0.3 is 4.90 Å². The predicted octanol–water partition coefficient (Wildman–Crippen LogP) is 1.26. The molecule has 0 atom stereocenters. The van der Waals surface area contributed by atoms with E-state index in [4.69, 9.17) is 0 Å². The summed E-state index contributed by atoms with van der Waals surface area (Å²) in [6.07, 6.45) is 4.11. The van der Waals surface area contributed by atoms with Gasteiger partial charge in [-0.05, 0) is 25.9 Å². The Morgan fingerprint density at radius 3 is 1.86 bits per heavy atom. The molecule has 0 radical (unpaired) electrons. The lowest BCUT2D eigenvalue weighted by molar-refractivity contribution is 0.305. The van der Waals surface area contributed by atoms with Crippen molar-refractivity contribution >= 4 is 0 Å². The van der Waals surface area contributed by atoms with E-state index >= 15 is 0 Å². The molecule has 1 heterocycles. The van der Waals surface area contributed by atoms with Crippen LogP contribution >= 0.6 is 0 Å². The van der Waals surface area contributed by atoms with Crippen LogP contribution in [0.5, 0.6) is 0 Å². The van der Waals surface area contributed by atoms with Crippen molar-refractivity contribution in [1.29, 1.82) is 0 Å². The van der Waals surface area contributed by atoms with E-state index in [-0.39, 0.29) is 0 Å². The summed E-state index contributed by atoms with van der Waals surface area (Å²) in [5.41, 5.74) is 0. The van der Waals surface area contributed by atoms with Crippen LogP contribution in [0.4, 0.5) is 0 Å². The maximum Gasteiger partial charge on any atom is -0.0304 e. The number of hydrogen-bond acceptors (Lipinski definition) is 1. The zero-order valence-corrected chi connectivity index (χ0v) is 4.69. The van der Waals surface area contributed by atoms with Crippen LogP contribution in [0.1, 0.15) is 19.3 Å². The molecule has 0 saturated carbocycles. The van der Waals surface area contributed by atoms with Gasteiger partial charge in [0.05, 0.1) is 0 Å². The number of likely N-dealkylation sites (tertiary alicyclic amines) is 1. The summed E-state index contributed by atoms with van der Waals surface area (Å²) in [6, 6.07) is 0. The molecule has 0 amide bonds. The summed E-state index contributed by atoms with van der Waals surface area (Å²) in [6.45, 7) is 2.42. The second kappa shape index (κ2) is 2.31. The third-order valence-corrected chi connectivity index (χ3v) is 1.45. The minimum absolute atomic E-state index is 1.21. The summed E-state index contributed by atoms with van der Waals surface area (Å²) in [4.78, 5) is 2.14. The molecule has 42 valence electrons. The molecule has 0 aliphatic carbocycles. The predicted molar refractivity (Wildman–Crippen MR) is 30.8 cm³/mol. The molecule has 1 rings (SSSR count). The Morgan fingerprint density at radius 2 is 1.57 bits per heavy atom. The van der Waals surface area contributed by atoms with Gasteiger partial charge in [-0.1, -0.05) is 6.42 Å². The van der Waals surface area contributed by atoms with Crippen molar-refractivity contribution in [3.05, 3.63) is 7.05 Å². The molecule has 1 aliphatic rings. The van der Waals surface area contributed by atoms with Crippen molar-refractivity contribution in [2.75, 3.05) is 13.1 Å². The Hall–Kier alpha value is -0.0400. The molecule has 0 bridgehead atoms. The van der Waals surface area contributed by atoms with E-state index in [0.29, 0.717) is 0 Å². The fourth-order valence-electron chi connectivity index (χ4n) is 0.959. The molecule has 0 unspecified atom stereocenters. The first-order chi connectivity index (χ1) is 3.39. The molecular formula is C6H12N-. The summed E-state index contributed by atoms with van der Waals surface area (Å²) in [5.74, 6) is 0.